The number of benzene rings is 1. The van der Waals surface area contributed by atoms with Crippen LogP contribution in [0.15, 0.2) is 24.3 Å². The van der Waals surface area contributed by atoms with Crippen LogP contribution in [0.5, 0.6) is 5.75 Å². The highest BCUT2D eigenvalue weighted by molar-refractivity contribution is 7.11. The van der Waals surface area contributed by atoms with Gasteiger partial charge in [0.15, 0.2) is 0 Å². The van der Waals surface area contributed by atoms with Crippen LogP contribution in [0.1, 0.15) is 15.6 Å². The molecule has 2 aromatic rings. The van der Waals surface area contributed by atoms with Gasteiger partial charge in [-0.2, -0.15) is 0 Å². The molecule has 0 aliphatic carbocycles. The molecule has 5 nitrogen and oxygen atoms in total. The van der Waals surface area contributed by atoms with E-state index in [-0.39, 0.29) is 5.91 Å². The molecule has 1 aliphatic rings. The molecule has 1 aliphatic heterocycles. The van der Waals surface area contributed by atoms with Gasteiger partial charge in [-0.05, 0) is 12.1 Å². The molecule has 1 aromatic heterocycles. The summed E-state index contributed by atoms with van der Waals surface area (Å²) in [6, 6.07) is 7.39. The fourth-order valence-corrected chi connectivity index (χ4v) is 3.42. The number of amides is 1. The number of thiazole rings is 1. The summed E-state index contributed by atoms with van der Waals surface area (Å²) in [7, 11) is 1.59. The van der Waals surface area contributed by atoms with Crippen molar-refractivity contribution in [1.82, 2.24) is 10.3 Å². The molecule has 0 atom stereocenters. The minimum Gasteiger partial charge on any atom is -0.495 e. The molecule has 110 valence electrons. The Morgan fingerprint density at radius 1 is 1.48 bits per heavy atom. The Kier molecular flexibility index (Phi) is 4.17. The van der Waals surface area contributed by atoms with E-state index < -0.39 is 0 Å². The van der Waals surface area contributed by atoms with E-state index >= 15 is 0 Å². The van der Waals surface area contributed by atoms with Crippen molar-refractivity contribution in [3.63, 3.8) is 0 Å². The molecule has 0 unspecified atom stereocenters. The number of rotatable bonds is 4. The number of carbonyl (C=O) groups is 1. The summed E-state index contributed by atoms with van der Waals surface area (Å²) in [5.41, 5.74) is 1.83. The second-order valence-corrected chi connectivity index (χ2v) is 6.00. The fraction of sp³-hybridized carbons (Fsp3) is 0.333. The Labute approximate surface area is 127 Å². The normalized spacial score (nSPS) is 13.6. The first-order valence-electron chi connectivity index (χ1n) is 6.87. The fourth-order valence-electron chi connectivity index (χ4n) is 2.33. The predicted molar refractivity (Wildman–Crippen MR) is 82.9 cm³/mol. The Morgan fingerprint density at radius 3 is 3.14 bits per heavy atom. The van der Waals surface area contributed by atoms with E-state index in [1.54, 1.807) is 18.4 Å². The van der Waals surface area contributed by atoms with Crippen LogP contribution < -0.4 is 15.4 Å². The van der Waals surface area contributed by atoms with Gasteiger partial charge in [0.2, 0.25) is 5.91 Å². The molecular formula is C15H17N3O2S. The van der Waals surface area contributed by atoms with Gasteiger partial charge >= 0.3 is 0 Å². The number of nitrogens with one attached hydrogen (secondary N) is 2. The highest BCUT2D eigenvalue weighted by Gasteiger charge is 2.16. The van der Waals surface area contributed by atoms with E-state index in [1.165, 1.54) is 4.88 Å². The van der Waals surface area contributed by atoms with E-state index in [0.29, 0.717) is 17.9 Å². The maximum Gasteiger partial charge on any atom is 0.231 e. The maximum atomic E-state index is 12.1. The molecule has 0 saturated heterocycles. The number of aromatic nitrogens is 1. The second-order valence-electron chi connectivity index (χ2n) is 4.83. The quantitative estimate of drug-likeness (QED) is 0.906. The minimum absolute atomic E-state index is 0.0708. The molecule has 1 aromatic carbocycles. The number of nitrogens with zero attached hydrogens (tertiary/aromatic N) is 1. The first kappa shape index (κ1) is 14.0. The Hall–Kier alpha value is -1.92. The zero-order valence-electron chi connectivity index (χ0n) is 11.8. The lowest BCUT2D eigenvalue weighted by Crippen LogP contribution is -2.22. The van der Waals surface area contributed by atoms with Crippen LogP contribution in [-0.4, -0.2) is 24.5 Å². The summed E-state index contributed by atoms with van der Waals surface area (Å²) in [5, 5.41) is 7.06. The molecule has 0 spiro atoms. The minimum atomic E-state index is -0.0708. The van der Waals surface area contributed by atoms with Gasteiger partial charge in [0.1, 0.15) is 10.8 Å². The Balaban J connectivity index is 1.67. The van der Waals surface area contributed by atoms with Crippen LogP contribution in [0.4, 0.5) is 5.69 Å². The largest absolute Gasteiger partial charge is 0.495 e. The van der Waals surface area contributed by atoms with Crippen LogP contribution in [0.25, 0.3) is 0 Å². The van der Waals surface area contributed by atoms with Gasteiger partial charge in [-0.15, -0.1) is 11.3 Å². The summed E-state index contributed by atoms with van der Waals surface area (Å²) in [5.74, 6) is 0.590. The van der Waals surface area contributed by atoms with E-state index in [9.17, 15) is 4.79 Å². The number of fused-ring (bicyclic) bond motifs is 1. The van der Waals surface area contributed by atoms with Gasteiger partial charge in [-0.1, -0.05) is 12.1 Å². The highest BCUT2D eigenvalue weighted by atomic mass is 32.1. The Bertz CT molecular complexity index is 631. The number of methoxy groups -OCH3 is 1. The molecule has 21 heavy (non-hydrogen) atoms. The van der Waals surface area contributed by atoms with Crippen LogP contribution in [0.3, 0.4) is 0 Å². The van der Waals surface area contributed by atoms with E-state index in [2.05, 4.69) is 15.6 Å². The topological polar surface area (TPSA) is 63.2 Å². The third kappa shape index (κ3) is 3.22. The lowest BCUT2D eigenvalue weighted by Gasteiger charge is -2.09. The van der Waals surface area contributed by atoms with Gasteiger partial charge in [0.05, 0.1) is 24.9 Å². The average Bonchev–Trinajstić information content (AvgIpc) is 2.89. The maximum absolute atomic E-state index is 12.1. The van der Waals surface area contributed by atoms with Gasteiger partial charge < -0.3 is 15.4 Å². The Morgan fingerprint density at radius 2 is 2.33 bits per heavy atom. The number of para-hydroxylation sites is 2. The first-order valence-corrected chi connectivity index (χ1v) is 7.69. The molecule has 1 amide bonds. The summed E-state index contributed by atoms with van der Waals surface area (Å²) >= 11 is 1.62. The lowest BCUT2D eigenvalue weighted by molar-refractivity contribution is -0.115. The second kappa shape index (κ2) is 6.24. The van der Waals surface area contributed by atoms with E-state index in [4.69, 9.17) is 4.74 Å². The highest BCUT2D eigenvalue weighted by Crippen LogP contribution is 2.25. The van der Waals surface area contributed by atoms with Crippen molar-refractivity contribution in [2.45, 2.75) is 19.4 Å². The molecule has 6 heteroatoms. The molecule has 2 heterocycles. The molecule has 3 rings (SSSR count). The lowest BCUT2D eigenvalue weighted by atomic mass is 10.2. The predicted octanol–water partition coefficient (Wildman–Crippen LogP) is 1.98. The van der Waals surface area contributed by atoms with Crippen LogP contribution in [0, 0.1) is 0 Å². The third-order valence-corrected chi connectivity index (χ3v) is 4.44. The van der Waals surface area contributed by atoms with Crippen molar-refractivity contribution in [3.8, 4) is 5.75 Å². The van der Waals surface area contributed by atoms with Gasteiger partial charge in [0, 0.05) is 24.4 Å². The van der Waals surface area contributed by atoms with Crippen LogP contribution in [-0.2, 0) is 24.2 Å². The molecule has 2 N–H and O–H groups in total. The summed E-state index contributed by atoms with van der Waals surface area (Å²) in [6.45, 7) is 1.82. The molecule has 0 fully saturated rings. The summed E-state index contributed by atoms with van der Waals surface area (Å²) in [4.78, 5) is 18.0. The summed E-state index contributed by atoms with van der Waals surface area (Å²) < 4.78 is 5.23. The van der Waals surface area contributed by atoms with Crippen molar-refractivity contribution in [2.24, 2.45) is 0 Å². The van der Waals surface area contributed by atoms with Gasteiger partial charge in [0.25, 0.3) is 0 Å². The standard InChI is InChI=1S/C15H17N3O2S/c1-20-12-5-3-2-4-10(12)17-14(19)8-15-18-11-6-7-16-9-13(11)21-15/h2-5,16H,6-9H2,1H3,(H,17,19). The molecule has 0 radical (unpaired) electrons. The number of carbonyl (C=O) groups excluding carboxylic acids is 1. The molecular weight excluding hydrogens is 286 g/mol. The smallest absolute Gasteiger partial charge is 0.231 e. The van der Waals surface area contributed by atoms with Crippen molar-refractivity contribution in [1.29, 1.82) is 0 Å². The first-order chi connectivity index (χ1) is 10.3. The average molecular weight is 303 g/mol. The van der Waals surface area contributed by atoms with Crippen molar-refractivity contribution in [2.75, 3.05) is 19.0 Å². The number of ether oxygens (including phenoxy) is 1. The van der Waals surface area contributed by atoms with Gasteiger partial charge in [-0.3, -0.25) is 4.79 Å². The van der Waals surface area contributed by atoms with E-state index in [1.807, 2.05) is 24.3 Å². The van der Waals surface area contributed by atoms with E-state index in [0.717, 1.165) is 30.2 Å². The van der Waals surface area contributed by atoms with Crippen LogP contribution >= 0.6 is 11.3 Å². The van der Waals surface area contributed by atoms with Crippen molar-refractivity contribution >= 4 is 22.9 Å². The SMILES string of the molecule is COc1ccccc1NC(=O)Cc1nc2c(s1)CNCC2. The van der Waals surface area contributed by atoms with Gasteiger partial charge in [-0.25, -0.2) is 4.98 Å². The zero-order chi connectivity index (χ0) is 14.7. The number of hydrogen-bond acceptors (Lipinski definition) is 5. The zero-order valence-corrected chi connectivity index (χ0v) is 12.6. The van der Waals surface area contributed by atoms with Crippen molar-refractivity contribution in [3.05, 3.63) is 39.8 Å². The molecule has 0 bridgehead atoms. The number of hydrogen-bond donors (Lipinski definition) is 2. The number of anilines is 1. The summed E-state index contributed by atoms with van der Waals surface area (Å²) in [6.07, 6.45) is 1.25. The third-order valence-electron chi connectivity index (χ3n) is 3.34. The monoisotopic (exact) mass is 303 g/mol. The van der Waals surface area contributed by atoms with Crippen molar-refractivity contribution < 1.29 is 9.53 Å². The van der Waals surface area contributed by atoms with Crippen LogP contribution in [0.2, 0.25) is 0 Å². The molecule has 0 saturated carbocycles.